The summed E-state index contributed by atoms with van der Waals surface area (Å²) in [4.78, 5) is 26.7. The van der Waals surface area contributed by atoms with E-state index in [1.807, 2.05) is 6.08 Å². The first-order valence-corrected chi connectivity index (χ1v) is 35.2. The predicted molar refractivity (Wildman–Crippen MR) is 361 cm³/mol. The van der Waals surface area contributed by atoms with Crippen LogP contribution in [0.1, 0.15) is 290 Å². The number of carbonyl (C=O) groups is 2. The molecule has 1 fully saturated rings. The normalized spacial score (nSPS) is 19.0. The van der Waals surface area contributed by atoms with Crippen LogP contribution < -0.4 is 5.32 Å². The molecule has 8 atom stereocenters. The summed E-state index contributed by atoms with van der Waals surface area (Å²) < 4.78 is 17.7. The van der Waals surface area contributed by atoms with Crippen LogP contribution in [0.4, 0.5) is 0 Å². The quantitative estimate of drug-likeness (QED) is 0.0195. The molecule has 0 radical (unpaired) electrons. The van der Waals surface area contributed by atoms with Gasteiger partial charge >= 0.3 is 5.97 Å². The molecule has 11 heteroatoms. The lowest BCUT2D eigenvalue weighted by molar-refractivity contribution is -0.305. The number of aliphatic hydroxyl groups excluding tert-OH is 5. The van der Waals surface area contributed by atoms with Crippen LogP contribution in [-0.2, 0) is 23.8 Å². The molecule has 6 N–H and O–H groups in total. The van der Waals surface area contributed by atoms with Crippen molar-refractivity contribution >= 4 is 11.9 Å². The second kappa shape index (κ2) is 61.6. The first-order valence-electron chi connectivity index (χ1n) is 35.2. The fourth-order valence-corrected chi connectivity index (χ4v) is 10.4. The smallest absolute Gasteiger partial charge is 0.306 e. The van der Waals surface area contributed by atoms with Crippen molar-refractivity contribution in [1.29, 1.82) is 0 Å². The number of hydrogen-bond donors (Lipinski definition) is 6. The zero-order valence-corrected chi connectivity index (χ0v) is 54.9. The maximum atomic E-state index is 13.5. The lowest BCUT2D eigenvalue weighted by Crippen LogP contribution is -2.61. The molecule has 0 aromatic heterocycles. The van der Waals surface area contributed by atoms with Crippen molar-refractivity contribution in [3.8, 4) is 0 Å². The van der Waals surface area contributed by atoms with Crippen LogP contribution in [0.5, 0.6) is 0 Å². The van der Waals surface area contributed by atoms with E-state index in [-0.39, 0.29) is 19.4 Å². The average molecular weight is 1200 g/mol. The summed E-state index contributed by atoms with van der Waals surface area (Å²) in [6, 6.07) is -1.04. The van der Waals surface area contributed by atoms with Crippen molar-refractivity contribution in [3.05, 3.63) is 109 Å². The number of aliphatic hydroxyl groups is 5. The lowest BCUT2D eigenvalue weighted by Gasteiger charge is -2.41. The molecule has 1 rings (SSSR count). The molecule has 1 aliphatic rings. The Balaban J connectivity index is 2.60. The minimum absolute atomic E-state index is 0.114. The molecule has 0 saturated carbocycles. The van der Waals surface area contributed by atoms with Gasteiger partial charge in [0.1, 0.15) is 24.4 Å². The molecule has 0 aromatic carbocycles. The monoisotopic (exact) mass is 1200 g/mol. The number of esters is 1. The molecule has 11 nitrogen and oxygen atoms in total. The molecule has 1 saturated heterocycles. The van der Waals surface area contributed by atoms with Gasteiger partial charge in [-0.3, -0.25) is 9.59 Å². The fraction of sp³-hybridized carbons (Fsp3) is 0.733. The molecule has 0 bridgehead atoms. The van der Waals surface area contributed by atoms with Crippen molar-refractivity contribution < 1.29 is 49.3 Å². The molecular formula is C75H129NO10. The minimum atomic E-state index is -1.62. The fourth-order valence-electron chi connectivity index (χ4n) is 10.4. The van der Waals surface area contributed by atoms with Crippen LogP contribution in [-0.4, -0.2) is 99.6 Å². The maximum absolute atomic E-state index is 13.5. The van der Waals surface area contributed by atoms with E-state index >= 15 is 0 Å². The van der Waals surface area contributed by atoms with Gasteiger partial charge in [0, 0.05) is 6.42 Å². The lowest BCUT2D eigenvalue weighted by atomic mass is 9.99. The van der Waals surface area contributed by atoms with E-state index in [0.29, 0.717) is 12.8 Å². The van der Waals surface area contributed by atoms with Gasteiger partial charge in [-0.05, 0) is 109 Å². The summed E-state index contributed by atoms with van der Waals surface area (Å²) in [5.41, 5.74) is 0. The molecule has 1 amide bonds. The third-order valence-corrected chi connectivity index (χ3v) is 15.9. The van der Waals surface area contributed by atoms with Crippen LogP contribution in [0.15, 0.2) is 109 Å². The molecule has 0 aliphatic carbocycles. The number of rotatable bonds is 59. The number of nitrogens with one attached hydrogen (secondary N) is 1. The third kappa shape index (κ3) is 48.3. The Morgan fingerprint density at radius 2 is 0.837 bits per heavy atom. The average Bonchev–Trinajstić information content (AvgIpc) is 3.68. The van der Waals surface area contributed by atoms with E-state index < -0.39 is 67.4 Å². The molecule has 1 heterocycles. The zero-order chi connectivity index (χ0) is 62.4. The minimum Gasteiger partial charge on any atom is -0.454 e. The highest BCUT2D eigenvalue weighted by Gasteiger charge is 2.47. The molecule has 1 aliphatic heterocycles. The Kier molecular flexibility index (Phi) is 57.5. The topological polar surface area (TPSA) is 175 Å². The Labute approximate surface area is 526 Å². The van der Waals surface area contributed by atoms with Crippen molar-refractivity contribution in [3.63, 3.8) is 0 Å². The second-order valence-corrected chi connectivity index (χ2v) is 23.9. The van der Waals surface area contributed by atoms with Crippen molar-refractivity contribution in [2.45, 2.75) is 339 Å². The van der Waals surface area contributed by atoms with Gasteiger partial charge in [-0.2, -0.15) is 0 Å². The summed E-state index contributed by atoms with van der Waals surface area (Å²) in [7, 11) is 0. The van der Waals surface area contributed by atoms with Gasteiger partial charge in [-0.1, -0.05) is 284 Å². The van der Waals surface area contributed by atoms with E-state index in [2.05, 4.69) is 123 Å². The van der Waals surface area contributed by atoms with E-state index in [0.717, 1.165) is 135 Å². The molecule has 494 valence electrons. The molecule has 8 unspecified atom stereocenters. The summed E-state index contributed by atoms with van der Waals surface area (Å²) >= 11 is 0. The van der Waals surface area contributed by atoms with Gasteiger partial charge in [0.05, 0.1) is 25.4 Å². The highest BCUT2D eigenvalue weighted by atomic mass is 16.7. The van der Waals surface area contributed by atoms with Gasteiger partial charge in [0.2, 0.25) is 5.91 Å². The Hall–Kier alpha value is -3.68. The van der Waals surface area contributed by atoms with Gasteiger partial charge in [0.15, 0.2) is 12.4 Å². The Morgan fingerprint density at radius 1 is 0.465 bits per heavy atom. The predicted octanol–water partition coefficient (Wildman–Crippen LogP) is 18.0. The van der Waals surface area contributed by atoms with Crippen LogP contribution in [0.3, 0.4) is 0 Å². The number of unbranched alkanes of at least 4 members (excludes halogenated alkanes) is 29. The summed E-state index contributed by atoms with van der Waals surface area (Å²) in [6.07, 6.45) is 74.0. The first-order chi connectivity index (χ1) is 42.2. The van der Waals surface area contributed by atoms with Crippen molar-refractivity contribution in [2.24, 2.45) is 0 Å². The third-order valence-electron chi connectivity index (χ3n) is 15.9. The summed E-state index contributed by atoms with van der Waals surface area (Å²) in [6.45, 7) is 5.66. The van der Waals surface area contributed by atoms with Crippen molar-refractivity contribution in [2.75, 3.05) is 13.2 Å². The van der Waals surface area contributed by atoms with E-state index in [1.54, 1.807) is 6.08 Å². The number of hydrogen-bond acceptors (Lipinski definition) is 10. The van der Waals surface area contributed by atoms with Crippen molar-refractivity contribution in [1.82, 2.24) is 5.32 Å². The molecule has 86 heavy (non-hydrogen) atoms. The standard InChI is InChI=1S/C75H129NO10/c1-4-7-10-13-16-19-22-25-27-29-31-32-33-34-35-36-37-39-40-42-44-47-50-53-56-59-62-68(79)74(83)76-66(67(78)61-58-55-52-49-46-24-21-18-15-12-9-6-3)65-84-75-73(72(82)71(81)69(64-77)85-75)86-70(80)63-60-57-54-51-48-45-43-41-38-30-28-26-23-20-17-14-11-8-5-2/h7,10,16-17,19-20,25-28,31-32,34-35,37,39,58,61,66-69,71-73,75,77-79,81-82H,4-6,8-9,11-15,18,21-24,29-30,33,36,38,40-57,59-60,62-65H2,1-3H3,(H,76,83)/b10-7-,19-16-,20-17-,27-25-,28-26-,32-31-,35-34-,39-37-,61-58+. The molecule has 0 spiro atoms. The van der Waals surface area contributed by atoms with Gasteiger partial charge in [-0.25, -0.2) is 0 Å². The highest BCUT2D eigenvalue weighted by Crippen LogP contribution is 2.26. The number of amides is 1. The van der Waals surface area contributed by atoms with E-state index in [1.165, 1.54) is 109 Å². The SMILES string of the molecule is CC/C=C\C/C=C\C/C=C\C/C=C\C/C=C\C/C=C\CCCCCCCCCC(O)C(=O)NC(COC1OC(CO)C(O)C(O)C1OC(=O)CCCCCCCCCCC/C=C\C/C=C\CCCCC)C(O)/C=C/CCCCCCCCCCCC. The maximum Gasteiger partial charge on any atom is 0.306 e. The largest absolute Gasteiger partial charge is 0.454 e. The van der Waals surface area contributed by atoms with Crippen LogP contribution in [0, 0.1) is 0 Å². The Bertz CT molecular complexity index is 1820. The van der Waals surface area contributed by atoms with Crippen LogP contribution in [0.2, 0.25) is 0 Å². The van der Waals surface area contributed by atoms with Crippen LogP contribution in [0.25, 0.3) is 0 Å². The second-order valence-electron chi connectivity index (χ2n) is 23.9. The number of allylic oxidation sites excluding steroid dienone is 17. The zero-order valence-electron chi connectivity index (χ0n) is 54.9. The van der Waals surface area contributed by atoms with Gasteiger partial charge in [0.25, 0.3) is 0 Å². The van der Waals surface area contributed by atoms with Crippen LogP contribution >= 0.6 is 0 Å². The Morgan fingerprint density at radius 3 is 1.28 bits per heavy atom. The first kappa shape index (κ1) is 80.3. The number of ether oxygens (including phenoxy) is 3. The van der Waals surface area contributed by atoms with Gasteiger partial charge in [-0.15, -0.1) is 0 Å². The molecule has 0 aromatic rings. The van der Waals surface area contributed by atoms with E-state index in [4.69, 9.17) is 14.2 Å². The highest BCUT2D eigenvalue weighted by molar-refractivity contribution is 5.80. The summed E-state index contributed by atoms with van der Waals surface area (Å²) in [5, 5.41) is 57.2. The number of carbonyl (C=O) groups excluding carboxylic acids is 2. The van der Waals surface area contributed by atoms with Gasteiger partial charge < -0.3 is 45.1 Å². The van der Waals surface area contributed by atoms with E-state index in [9.17, 15) is 35.1 Å². The molecular weight excluding hydrogens is 1070 g/mol. The summed E-state index contributed by atoms with van der Waals surface area (Å²) in [5.74, 6) is -1.21.